The molecule has 0 fully saturated rings. The van der Waals surface area contributed by atoms with Crippen LogP contribution in [-0.4, -0.2) is 10.2 Å². The first-order valence-electron chi connectivity index (χ1n) is 10.8. The van der Waals surface area contributed by atoms with Gasteiger partial charge in [0.2, 0.25) is 0 Å². The maximum Gasteiger partial charge on any atom is 0.121 e. The van der Waals surface area contributed by atoms with Crippen molar-refractivity contribution < 1.29 is 10.2 Å². The van der Waals surface area contributed by atoms with Gasteiger partial charge in [0.1, 0.15) is 11.5 Å². The van der Waals surface area contributed by atoms with Gasteiger partial charge < -0.3 is 10.2 Å². The Morgan fingerprint density at radius 1 is 0.630 bits per heavy atom. The lowest BCUT2D eigenvalue weighted by Gasteiger charge is -2.14. The fraction of sp³-hybridized carbons (Fsp3) is 0.520. The summed E-state index contributed by atoms with van der Waals surface area (Å²) >= 11 is 0. The Hall–Kier alpha value is -1.96. The van der Waals surface area contributed by atoms with E-state index in [-0.39, 0.29) is 0 Å². The number of hydrogen-bond acceptors (Lipinski definition) is 2. The highest BCUT2D eigenvalue weighted by atomic mass is 16.3. The minimum Gasteiger partial charge on any atom is -0.508 e. The van der Waals surface area contributed by atoms with Crippen molar-refractivity contribution in [2.75, 3.05) is 0 Å². The fourth-order valence-corrected chi connectivity index (χ4v) is 3.65. The van der Waals surface area contributed by atoms with Gasteiger partial charge in [0.05, 0.1) is 0 Å². The van der Waals surface area contributed by atoms with Crippen LogP contribution in [0.5, 0.6) is 11.5 Å². The SMILES string of the molecule is CCCCCCc1cc(Cc2ccc(O)cc2)cc(CCCCCC)c1O. The van der Waals surface area contributed by atoms with Gasteiger partial charge >= 0.3 is 0 Å². The zero-order chi connectivity index (χ0) is 19.5. The normalized spacial score (nSPS) is 11.0. The first-order chi connectivity index (χ1) is 13.1. The molecular weight excluding hydrogens is 332 g/mol. The lowest BCUT2D eigenvalue weighted by atomic mass is 9.93. The number of aromatic hydroxyl groups is 2. The highest BCUT2D eigenvalue weighted by molar-refractivity contribution is 5.45. The highest BCUT2D eigenvalue weighted by Crippen LogP contribution is 2.29. The molecule has 2 aromatic rings. The van der Waals surface area contributed by atoms with Crippen molar-refractivity contribution in [3.8, 4) is 11.5 Å². The van der Waals surface area contributed by atoms with Gasteiger partial charge in [-0.25, -0.2) is 0 Å². The molecule has 0 radical (unpaired) electrons. The summed E-state index contributed by atoms with van der Waals surface area (Å²) in [4.78, 5) is 0. The van der Waals surface area contributed by atoms with Crippen LogP contribution in [0.1, 0.15) is 87.5 Å². The molecule has 2 rings (SSSR count). The monoisotopic (exact) mass is 368 g/mol. The molecule has 2 heteroatoms. The molecule has 0 unspecified atom stereocenters. The van der Waals surface area contributed by atoms with E-state index in [2.05, 4.69) is 26.0 Å². The van der Waals surface area contributed by atoms with Crippen LogP contribution in [0, 0.1) is 0 Å². The van der Waals surface area contributed by atoms with Crippen LogP contribution in [-0.2, 0) is 19.3 Å². The Kier molecular flexibility index (Phi) is 9.24. The lowest BCUT2D eigenvalue weighted by molar-refractivity contribution is 0.457. The molecule has 2 aromatic carbocycles. The molecule has 0 amide bonds. The Bertz CT molecular complexity index is 640. The van der Waals surface area contributed by atoms with Crippen molar-refractivity contribution in [3.05, 3.63) is 58.7 Å². The Labute approximate surface area is 165 Å². The van der Waals surface area contributed by atoms with E-state index in [1.807, 2.05) is 12.1 Å². The maximum absolute atomic E-state index is 10.8. The molecule has 0 aliphatic rings. The van der Waals surface area contributed by atoms with Crippen LogP contribution >= 0.6 is 0 Å². The zero-order valence-corrected chi connectivity index (χ0v) is 17.1. The lowest BCUT2D eigenvalue weighted by Crippen LogP contribution is -1.98. The average Bonchev–Trinajstić information content (AvgIpc) is 2.67. The standard InChI is InChI=1S/C25H36O2/c1-3-5-7-9-11-22-18-21(17-20-13-15-24(26)16-14-20)19-23(25(22)27)12-10-8-6-4-2/h13-16,18-19,26-27H,3-12,17H2,1-2H3. The minimum atomic E-state index is 0.303. The summed E-state index contributed by atoms with van der Waals surface area (Å²) < 4.78 is 0. The number of unbranched alkanes of at least 4 members (excludes halogenated alkanes) is 6. The smallest absolute Gasteiger partial charge is 0.121 e. The second-order valence-electron chi connectivity index (χ2n) is 7.73. The number of aryl methyl sites for hydroxylation is 2. The van der Waals surface area contributed by atoms with Gasteiger partial charge in [0, 0.05) is 0 Å². The van der Waals surface area contributed by atoms with E-state index in [4.69, 9.17) is 0 Å². The van der Waals surface area contributed by atoms with Crippen molar-refractivity contribution in [3.63, 3.8) is 0 Å². The molecule has 0 aliphatic carbocycles. The summed E-state index contributed by atoms with van der Waals surface area (Å²) in [7, 11) is 0. The Morgan fingerprint density at radius 3 is 1.63 bits per heavy atom. The van der Waals surface area contributed by atoms with E-state index >= 15 is 0 Å². The molecule has 27 heavy (non-hydrogen) atoms. The Balaban J connectivity index is 2.15. The predicted molar refractivity (Wildman–Crippen MR) is 115 cm³/mol. The third-order valence-electron chi connectivity index (χ3n) is 5.27. The van der Waals surface area contributed by atoms with Gasteiger partial charge in [-0.1, -0.05) is 76.6 Å². The van der Waals surface area contributed by atoms with Crippen LogP contribution < -0.4 is 0 Å². The molecule has 0 aromatic heterocycles. The van der Waals surface area contributed by atoms with Crippen molar-refractivity contribution in [1.82, 2.24) is 0 Å². The van der Waals surface area contributed by atoms with Crippen LogP contribution in [0.2, 0.25) is 0 Å². The van der Waals surface area contributed by atoms with Crippen LogP contribution in [0.4, 0.5) is 0 Å². The summed E-state index contributed by atoms with van der Waals surface area (Å²) in [6.45, 7) is 4.45. The van der Waals surface area contributed by atoms with E-state index < -0.39 is 0 Å². The number of benzene rings is 2. The van der Waals surface area contributed by atoms with Gasteiger partial charge in [0.25, 0.3) is 0 Å². The summed E-state index contributed by atoms with van der Waals surface area (Å²) in [5.41, 5.74) is 4.66. The number of phenols is 2. The van der Waals surface area contributed by atoms with Gasteiger partial charge in [-0.05, 0) is 66.5 Å². The first kappa shape index (κ1) is 21.3. The quantitative estimate of drug-likeness (QED) is 0.399. The molecule has 0 atom stereocenters. The van der Waals surface area contributed by atoms with Crippen molar-refractivity contribution in [1.29, 1.82) is 0 Å². The van der Waals surface area contributed by atoms with Crippen molar-refractivity contribution in [2.45, 2.75) is 84.5 Å². The third-order valence-corrected chi connectivity index (χ3v) is 5.27. The van der Waals surface area contributed by atoms with Crippen molar-refractivity contribution >= 4 is 0 Å². The number of hydrogen-bond donors (Lipinski definition) is 2. The molecular formula is C25H36O2. The molecule has 0 aliphatic heterocycles. The third kappa shape index (κ3) is 7.28. The van der Waals surface area contributed by atoms with E-state index in [1.54, 1.807) is 12.1 Å². The van der Waals surface area contributed by atoms with E-state index in [1.165, 1.54) is 49.7 Å². The summed E-state index contributed by atoms with van der Waals surface area (Å²) in [6, 6.07) is 11.8. The number of rotatable bonds is 12. The second-order valence-corrected chi connectivity index (χ2v) is 7.73. The molecule has 0 heterocycles. The highest BCUT2D eigenvalue weighted by Gasteiger charge is 2.11. The van der Waals surface area contributed by atoms with Gasteiger partial charge in [-0.3, -0.25) is 0 Å². The van der Waals surface area contributed by atoms with Crippen LogP contribution in [0.25, 0.3) is 0 Å². The predicted octanol–water partition coefficient (Wildman–Crippen LogP) is 6.93. The topological polar surface area (TPSA) is 40.5 Å². The minimum absolute atomic E-state index is 0.303. The Morgan fingerprint density at radius 2 is 1.15 bits per heavy atom. The maximum atomic E-state index is 10.8. The molecule has 0 saturated heterocycles. The van der Waals surface area contributed by atoms with E-state index in [0.717, 1.165) is 43.2 Å². The summed E-state index contributed by atoms with van der Waals surface area (Å²) in [5, 5.41) is 20.3. The molecule has 0 bridgehead atoms. The van der Waals surface area contributed by atoms with Crippen molar-refractivity contribution in [2.24, 2.45) is 0 Å². The zero-order valence-electron chi connectivity index (χ0n) is 17.1. The van der Waals surface area contributed by atoms with E-state index in [9.17, 15) is 10.2 Å². The average molecular weight is 369 g/mol. The summed E-state index contributed by atoms with van der Waals surface area (Å²) in [6.07, 6.45) is 12.5. The second kappa shape index (κ2) is 11.7. The van der Waals surface area contributed by atoms with Crippen LogP contribution in [0.3, 0.4) is 0 Å². The molecule has 2 N–H and O–H groups in total. The fourth-order valence-electron chi connectivity index (χ4n) is 3.65. The van der Waals surface area contributed by atoms with E-state index in [0.29, 0.717) is 11.5 Å². The summed E-state index contributed by atoms with van der Waals surface area (Å²) in [5.74, 6) is 0.829. The van der Waals surface area contributed by atoms with Crippen LogP contribution in [0.15, 0.2) is 36.4 Å². The molecule has 0 saturated carbocycles. The largest absolute Gasteiger partial charge is 0.508 e. The van der Waals surface area contributed by atoms with Gasteiger partial charge in [0.15, 0.2) is 0 Å². The molecule has 148 valence electrons. The van der Waals surface area contributed by atoms with Gasteiger partial charge in [-0.15, -0.1) is 0 Å². The molecule has 2 nitrogen and oxygen atoms in total. The number of phenolic OH excluding ortho intramolecular Hbond substituents is 2. The molecule has 0 spiro atoms. The first-order valence-corrected chi connectivity index (χ1v) is 10.8. The van der Waals surface area contributed by atoms with Gasteiger partial charge in [-0.2, -0.15) is 0 Å².